The maximum Gasteiger partial charge on any atom is 0.238 e. The Labute approximate surface area is 88.0 Å². The summed E-state index contributed by atoms with van der Waals surface area (Å²) in [6.45, 7) is 0. The number of primary sulfonamides is 1. The van der Waals surface area contributed by atoms with Gasteiger partial charge in [0.15, 0.2) is 5.96 Å². The second-order valence-corrected chi connectivity index (χ2v) is 4.37. The molecule has 0 aliphatic carbocycles. The van der Waals surface area contributed by atoms with Crippen LogP contribution in [0.3, 0.4) is 0 Å². The SMILES string of the molecule is CN=C(N)Nc1cccc(S(N)(=O)=O)c1. The molecular formula is C8H12N4O2S. The Kier molecular flexibility index (Phi) is 3.28. The lowest BCUT2D eigenvalue weighted by Crippen LogP contribution is -2.22. The van der Waals surface area contributed by atoms with Crippen LogP contribution in [0.1, 0.15) is 0 Å². The first-order valence-corrected chi connectivity index (χ1v) is 5.60. The monoisotopic (exact) mass is 228 g/mol. The predicted molar refractivity (Wildman–Crippen MR) is 59.0 cm³/mol. The van der Waals surface area contributed by atoms with Gasteiger partial charge in [-0.25, -0.2) is 13.6 Å². The number of aliphatic imine (C=N–C) groups is 1. The topological polar surface area (TPSA) is 111 Å². The number of anilines is 1. The highest BCUT2D eigenvalue weighted by atomic mass is 32.2. The van der Waals surface area contributed by atoms with Crippen LogP contribution < -0.4 is 16.2 Å². The van der Waals surface area contributed by atoms with Crippen LogP contribution in [-0.2, 0) is 10.0 Å². The molecule has 1 aromatic carbocycles. The van der Waals surface area contributed by atoms with E-state index in [2.05, 4.69) is 10.3 Å². The van der Waals surface area contributed by atoms with E-state index in [1.807, 2.05) is 0 Å². The molecule has 0 amide bonds. The van der Waals surface area contributed by atoms with Gasteiger partial charge in [0.05, 0.1) is 4.90 Å². The maximum absolute atomic E-state index is 11.0. The smallest absolute Gasteiger partial charge is 0.238 e. The molecule has 0 radical (unpaired) electrons. The van der Waals surface area contributed by atoms with Gasteiger partial charge in [-0.15, -0.1) is 0 Å². The lowest BCUT2D eigenvalue weighted by atomic mass is 10.3. The molecule has 0 aromatic heterocycles. The zero-order valence-electron chi connectivity index (χ0n) is 8.14. The lowest BCUT2D eigenvalue weighted by molar-refractivity contribution is 0.598. The number of sulfonamides is 1. The van der Waals surface area contributed by atoms with Crippen molar-refractivity contribution in [2.45, 2.75) is 4.90 Å². The van der Waals surface area contributed by atoms with Crippen LogP contribution in [0.5, 0.6) is 0 Å². The Bertz CT molecular complexity index is 481. The summed E-state index contributed by atoms with van der Waals surface area (Å²) in [4.78, 5) is 3.70. The van der Waals surface area contributed by atoms with Gasteiger partial charge in [0.25, 0.3) is 0 Å². The number of guanidine groups is 1. The number of benzene rings is 1. The third-order valence-electron chi connectivity index (χ3n) is 1.68. The van der Waals surface area contributed by atoms with E-state index in [9.17, 15) is 8.42 Å². The second kappa shape index (κ2) is 4.28. The van der Waals surface area contributed by atoms with Crippen LogP contribution in [0.4, 0.5) is 5.69 Å². The average Bonchev–Trinajstić information content (AvgIpc) is 2.17. The number of nitrogens with zero attached hydrogens (tertiary/aromatic N) is 1. The first kappa shape index (κ1) is 11.5. The fourth-order valence-corrected chi connectivity index (χ4v) is 1.51. The molecule has 0 atom stereocenters. The van der Waals surface area contributed by atoms with E-state index in [0.29, 0.717) is 5.69 Å². The van der Waals surface area contributed by atoms with Crippen molar-refractivity contribution < 1.29 is 8.42 Å². The van der Waals surface area contributed by atoms with E-state index in [1.165, 1.54) is 19.2 Å². The highest BCUT2D eigenvalue weighted by molar-refractivity contribution is 7.89. The van der Waals surface area contributed by atoms with Crippen LogP contribution >= 0.6 is 0 Å². The number of hydrogen-bond donors (Lipinski definition) is 3. The quantitative estimate of drug-likeness (QED) is 0.476. The van der Waals surface area contributed by atoms with Gasteiger partial charge in [0.2, 0.25) is 10.0 Å². The fraction of sp³-hybridized carbons (Fsp3) is 0.125. The first-order chi connectivity index (χ1) is 6.93. The van der Waals surface area contributed by atoms with E-state index >= 15 is 0 Å². The summed E-state index contributed by atoms with van der Waals surface area (Å²) in [5.74, 6) is 0.196. The summed E-state index contributed by atoms with van der Waals surface area (Å²) < 4.78 is 22.1. The average molecular weight is 228 g/mol. The number of nitrogens with one attached hydrogen (secondary N) is 1. The van der Waals surface area contributed by atoms with Crippen molar-refractivity contribution >= 4 is 21.7 Å². The Morgan fingerprint density at radius 1 is 1.47 bits per heavy atom. The lowest BCUT2D eigenvalue weighted by Gasteiger charge is -2.05. The minimum absolute atomic E-state index is 0.0244. The summed E-state index contributed by atoms with van der Waals surface area (Å²) >= 11 is 0. The van der Waals surface area contributed by atoms with Crippen LogP contribution in [0.25, 0.3) is 0 Å². The Morgan fingerprint density at radius 3 is 2.67 bits per heavy atom. The van der Waals surface area contributed by atoms with Crippen molar-refractivity contribution in [2.75, 3.05) is 12.4 Å². The molecule has 6 nitrogen and oxygen atoms in total. The molecule has 0 aliphatic heterocycles. The molecule has 0 fully saturated rings. The van der Waals surface area contributed by atoms with Gasteiger partial charge in [-0.1, -0.05) is 6.07 Å². The minimum Gasteiger partial charge on any atom is -0.370 e. The van der Waals surface area contributed by atoms with E-state index < -0.39 is 10.0 Å². The second-order valence-electron chi connectivity index (χ2n) is 2.81. The highest BCUT2D eigenvalue weighted by Gasteiger charge is 2.07. The molecule has 0 saturated carbocycles. The molecule has 0 heterocycles. The largest absolute Gasteiger partial charge is 0.370 e. The molecule has 1 aromatic rings. The Balaban J connectivity index is 3.04. The molecule has 7 heteroatoms. The van der Waals surface area contributed by atoms with E-state index in [1.54, 1.807) is 12.1 Å². The third-order valence-corrected chi connectivity index (χ3v) is 2.59. The summed E-state index contributed by atoms with van der Waals surface area (Å²) in [6.07, 6.45) is 0. The van der Waals surface area contributed by atoms with E-state index in [4.69, 9.17) is 10.9 Å². The Hall–Kier alpha value is -1.60. The first-order valence-electron chi connectivity index (χ1n) is 4.05. The van der Waals surface area contributed by atoms with Crippen molar-refractivity contribution in [1.29, 1.82) is 0 Å². The molecular weight excluding hydrogens is 216 g/mol. The molecule has 5 N–H and O–H groups in total. The van der Waals surface area contributed by atoms with Crippen molar-refractivity contribution in [2.24, 2.45) is 15.9 Å². The molecule has 0 saturated heterocycles. The van der Waals surface area contributed by atoms with Crippen LogP contribution in [-0.4, -0.2) is 21.4 Å². The number of rotatable bonds is 2. The fourth-order valence-electron chi connectivity index (χ4n) is 0.955. The summed E-state index contributed by atoms with van der Waals surface area (Å²) in [6, 6.07) is 6.00. The van der Waals surface area contributed by atoms with E-state index in [0.717, 1.165) is 0 Å². The zero-order valence-corrected chi connectivity index (χ0v) is 8.95. The highest BCUT2D eigenvalue weighted by Crippen LogP contribution is 2.13. The van der Waals surface area contributed by atoms with Crippen molar-refractivity contribution in [3.05, 3.63) is 24.3 Å². The third kappa shape index (κ3) is 3.22. The minimum atomic E-state index is -3.69. The standard InChI is InChI=1S/C8H12N4O2S/c1-11-8(9)12-6-3-2-4-7(5-6)15(10,13)14/h2-5H,1H3,(H3,9,11,12)(H2,10,13,14). The number of hydrogen-bond acceptors (Lipinski definition) is 3. The van der Waals surface area contributed by atoms with Gasteiger partial charge >= 0.3 is 0 Å². The summed E-state index contributed by atoms with van der Waals surface area (Å²) in [5, 5.41) is 7.68. The maximum atomic E-state index is 11.0. The van der Waals surface area contributed by atoms with Crippen LogP contribution in [0, 0.1) is 0 Å². The van der Waals surface area contributed by atoms with Gasteiger partial charge in [-0.2, -0.15) is 0 Å². The molecule has 0 spiro atoms. The Morgan fingerprint density at radius 2 is 2.13 bits per heavy atom. The normalized spacial score (nSPS) is 12.5. The van der Waals surface area contributed by atoms with Crippen molar-refractivity contribution in [1.82, 2.24) is 0 Å². The van der Waals surface area contributed by atoms with Gasteiger partial charge < -0.3 is 11.1 Å². The molecule has 0 unspecified atom stereocenters. The zero-order chi connectivity index (χ0) is 11.5. The van der Waals surface area contributed by atoms with Gasteiger partial charge in [-0.05, 0) is 18.2 Å². The number of nitrogens with two attached hydrogens (primary N) is 2. The van der Waals surface area contributed by atoms with Crippen molar-refractivity contribution in [3.63, 3.8) is 0 Å². The van der Waals surface area contributed by atoms with Crippen LogP contribution in [0.2, 0.25) is 0 Å². The van der Waals surface area contributed by atoms with Crippen molar-refractivity contribution in [3.8, 4) is 0 Å². The molecule has 1 rings (SSSR count). The molecule has 15 heavy (non-hydrogen) atoms. The van der Waals surface area contributed by atoms with Crippen LogP contribution in [0.15, 0.2) is 34.2 Å². The predicted octanol–water partition coefficient (Wildman–Crippen LogP) is -0.310. The summed E-state index contributed by atoms with van der Waals surface area (Å²) in [7, 11) is -2.17. The van der Waals surface area contributed by atoms with Gasteiger partial charge in [-0.3, -0.25) is 4.99 Å². The van der Waals surface area contributed by atoms with Gasteiger partial charge in [0, 0.05) is 12.7 Å². The molecule has 82 valence electrons. The molecule has 0 aliphatic rings. The van der Waals surface area contributed by atoms with E-state index in [-0.39, 0.29) is 10.9 Å². The van der Waals surface area contributed by atoms with Gasteiger partial charge in [0.1, 0.15) is 0 Å². The molecule has 0 bridgehead atoms. The summed E-state index contributed by atoms with van der Waals surface area (Å²) in [5.41, 5.74) is 5.94.